The van der Waals surface area contributed by atoms with Crippen LogP contribution in [-0.2, 0) is 9.59 Å². The predicted octanol–water partition coefficient (Wildman–Crippen LogP) is 3.75. The lowest BCUT2D eigenvalue weighted by Crippen LogP contribution is -2.43. The summed E-state index contributed by atoms with van der Waals surface area (Å²) in [5.74, 6) is -1.22. The maximum atomic E-state index is 12.4. The summed E-state index contributed by atoms with van der Waals surface area (Å²) in [6.07, 6.45) is 5.56. The first kappa shape index (κ1) is 19.9. The van der Waals surface area contributed by atoms with E-state index < -0.39 is 11.8 Å². The normalized spacial score (nSPS) is 15.9. The first-order chi connectivity index (χ1) is 13.2. The zero-order chi connectivity index (χ0) is 19.1. The van der Waals surface area contributed by atoms with Crippen molar-refractivity contribution in [2.75, 3.05) is 31.2 Å². The lowest BCUT2D eigenvalue weighted by Gasteiger charge is -2.34. The molecule has 1 unspecified atom stereocenters. The van der Waals surface area contributed by atoms with Gasteiger partial charge in [0.1, 0.15) is 0 Å². The second kappa shape index (κ2) is 9.92. The van der Waals surface area contributed by atoms with Crippen molar-refractivity contribution in [2.45, 2.75) is 30.2 Å². The van der Waals surface area contributed by atoms with Crippen LogP contribution in [0.2, 0.25) is 0 Å². The highest BCUT2D eigenvalue weighted by Crippen LogP contribution is 2.26. The number of amides is 2. The quantitative estimate of drug-likeness (QED) is 0.570. The van der Waals surface area contributed by atoms with Crippen molar-refractivity contribution in [3.8, 4) is 0 Å². The predicted molar refractivity (Wildman–Crippen MR) is 112 cm³/mol. The number of likely N-dealkylation sites (tertiary alicyclic amines) is 1. The summed E-state index contributed by atoms with van der Waals surface area (Å²) < 4.78 is 0. The Morgan fingerprint density at radius 1 is 1.15 bits per heavy atom. The van der Waals surface area contributed by atoms with Gasteiger partial charge < -0.3 is 10.6 Å². The minimum atomic E-state index is -0.626. The van der Waals surface area contributed by atoms with E-state index >= 15 is 0 Å². The molecule has 0 spiro atoms. The average Bonchev–Trinajstić information content (AvgIpc) is 3.23. The Hall–Kier alpha value is -1.83. The molecule has 1 aliphatic rings. The van der Waals surface area contributed by atoms with Crippen LogP contribution >= 0.6 is 23.1 Å². The maximum Gasteiger partial charge on any atom is 0.313 e. The molecule has 5 nitrogen and oxygen atoms in total. The topological polar surface area (TPSA) is 61.4 Å². The summed E-state index contributed by atoms with van der Waals surface area (Å²) in [4.78, 5) is 28.0. The summed E-state index contributed by atoms with van der Waals surface area (Å²) in [6.45, 7) is 2.50. The van der Waals surface area contributed by atoms with Gasteiger partial charge in [-0.25, -0.2) is 0 Å². The van der Waals surface area contributed by atoms with E-state index in [0.29, 0.717) is 12.2 Å². The van der Waals surface area contributed by atoms with Crippen molar-refractivity contribution >= 4 is 40.6 Å². The van der Waals surface area contributed by atoms with E-state index in [1.54, 1.807) is 17.4 Å². The Bertz CT molecular complexity index is 758. The van der Waals surface area contributed by atoms with Crippen LogP contribution in [0.4, 0.5) is 5.69 Å². The van der Waals surface area contributed by atoms with Crippen molar-refractivity contribution in [1.82, 2.24) is 10.2 Å². The second-order valence-corrected chi connectivity index (χ2v) is 8.16. The van der Waals surface area contributed by atoms with Gasteiger partial charge in [0.25, 0.3) is 0 Å². The highest BCUT2D eigenvalue weighted by Gasteiger charge is 2.24. The summed E-state index contributed by atoms with van der Waals surface area (Å²) in [5.41, 5.74) is 1.87. The second-order valence-electron chi connectivity index (χ2n) is 6.53. The fourth-order valence-corrected chi connectivity index (χ4v) is 4.61. The van der Waals surface area contributed by atoms with Gasteiger partial charge in [-0.1, -0.05) is 18.6 Å². The minimum Gasteiger partial charge on any atom is -0.346 e. The van der Waals surface area contributed by atoms with E-state index in [-0.39, 0.29) is 6.04 Å². The fraction of sp³-hybridized carbons (Fsp3) is 0.400. The lowest BCUT2D eigenvalue weighted by molar-refractivity contribution is -0.136. The Kier molecular flexibility index (Phi) is 7.32. The van der Waals surface area contributed by atoms with Crippen LogP contribution in [0.15, 0.2) is 46.0 Å². The van der Waals surface area contributed by atoms with E-state index in [2.05, 4.69) is 32.4 Å². The van der Waals surface area contributed by atoms with Crippen LogP contribution in [0.25, 0.3) is 0 Å². The van der Waals surface area contributed by atoms with Crippen LogP contribution in [0.1, 0.15) is 30.9 Å². The van der Waals surface area contributed by atoms with Crippen molar-refractivity contribution in [1.29, 1.82) is 0 Å². The molecule has 7 heteroatoms. The molecule has 1 aromatic carbocycles. The molecule has 0 aliphatic carbocycles. The molecule has 0 radical (unpaired) electrons. The number of nitrogens with one attached hydrogen (secondary N) is 2. The van der Waals surface area contributed by atoms with Gasteiger partial charge >= 0.3 is 11.8 Å². The highest BCUT2D eigenvalue weighted by molar-refractivity contribution is 7.98. The lowest BCUT2D eigenvalue weighted by atomic mass is 10.0. The third-order valence-corrected chi connectivity index (χ3v) is 6.27. The first-order valence-electron chi connectivity index (χ1n) is 9.17. The molecule has 2 aromatic rings. The smallest absolute Gasteiger partial charge is 0.313 e. The molecule has 144 valence electrons. The highest BCUT2D eigenvalue weighted by atomic mass is 32.2. The van der Waals surface area contributed by atoms with Crippen LogP contribution < -0.4 is 10.6 Å². The third-order valence-electron chi connectivity index (χ3n) is 4.78. The molecule has 0 saturated carbocycles. The molecule has 3 rings (SSSR count). The van der Waals surface area contributed by atoms with Gasteiger partial charge in [0.15, 0.2) is 0 Å². The Labute approximate surface area is 168 Å². The SMILES string of the molecule is CSc1ccccc1NC(=O)C(=O)NCC(c1ccsc1)N1CCCCC1. The average molecular weight is 404 g/mol. The summed E-state index contributed by atoms with van der Waals surface area (Å²) in [7, 11) is 0. The van der Waals surface area contributed by atoms with Crippen LogP contribution in [0.3, 0.4) is 0 Å². The molecule has 1 saturated heterocycles. The number of hydrogen-bond donors (Lipinski definition) is 2. The standard InChI is InChI=1S/C20H25N3O2S2/c1-26-18-8-4-3-7-16(18)22-20(25)19(24)21-13-17(15-9-12-27-14-15)23-10-5-2-6-11-23/h3-4,7-9,12,14,17H,2,5-6,10-11,13H2,1H3,(H,21,24)(H,22,25). The summed E-state index contributed by atoms with van der Waals surface area (Å²) in [5, 5.41) is 9.73. The monoisotopic (exact) mass is 403 g/mol. The van der Waals surface area contributed by atoms with Gasteiger partial charge in [0, 0.05) is 11.4 Å². The van der Waals surface area contributed by atoms with E-state index in [0.717, 1.165) is 18.0 Å². The zero-order valence-electron chi connectivity index (χ0n) is 15.4. The van der Waals surface area contributed by atoms with Crippen molar-refractivity contribution in [3.05, 3.63) is 46.7 Å². The fourth-order valence-electron chi connectivity index (χ4n) is 3.35. The van der Waals surface area contributed by atoms with E-state index in [9.17, 15) is 9.59 Å². The van der Waals surface area contributed by atoms with Gasteiger partial charge in [-0.3, -0.25) is 14.5 Å². The van der Waals surface area contributed by atoms with Gasteiger partial charge in [-0.2, -0.15) is 11.3 Å². The molecule has 2 heterocycles. The number of thioether (sulfide) groups is 1. The van der Waals surface area contributed by atoms with Crippen molar-refractivity contribution < 1.29 is 9.59 Å². The molecule has 1 fully saturated rings. The number of anilines is 1. The largest absolute Gasteiger partial charge is 0.346 e. The van der Waals surface area contributed by atoms with Crippen LogP contribution in [-0.4, -0.2) is 42.6 Å². The maximum absolute atomic E-state index is 12.4. The molecule has 1 aromatic heterocycles. The number of rotatable bonds is 6. The molecule has 1 atom stereocenters. The number of thiophene rings is 1. The van der Waals surface area contributed by atoms with Gasteiger partial charge in [-0.15, -0.1) is 11.8 Å². The molecule has 2 amide bonds. The number of benzene rings is 1. The van der Waals surface area contributed by atoms with Crippen LogP contribution in [0.5, 0.6) is 0 Å². The Morgan fingerprint density at radius 3 is 2.63 bits per heavy atom. The number of carbonyl (C=O) groups is 2. The van der Waals surface area contributed by atoms with Crippen molar-refractivity contribution in [3.63, 3.8) is 0 Å². The number of para-hydroxylation sites is 1. The number of nitrogens with zero attached hydrogens (tertiary/aromatic N) is 1. The van der Waals surface area contributed by atoms with E-state index in [1.165, 1.54) is 36.6 Å². The summed E-state index contributed by atoms with van der Waals surface area (Å²) in [6, 6.07) is 9.69. The number of hydrogen-bond acceptors (Lipinski definition) is 5. The molecular weight excluding hydrogens is 378 g/mol. The van der Waals surface area contributed by atoms with Gasteiger partial charge in [-0.05, 0) is 66.7 Å². The van der Waals surface area contributed by atoms with Crippen molar-refractivity contribution in [2.24, 2.45) is 0 Å². The molecule has 0 bridgehead atoms. The van der Waals surface area contributed by atoms with E-state index in [4.69, 9.17) is 0 Å². The molecule has 27 heavy (non-hydrogen) atoms. The van der Waals surface area contributed by atoms with Gasteiger partial charge in [0.05, 0.1) is 11.7 Å². The first-order valence-corrected chi connectivity index (χ1v) is 11.3. The minimum absolute atomic E-state index is 0.117. The summed E-state index contributed by atoms with van der Waals surface area (Å²) >= 11 is 3.19. The molecular formula is C20H25N3O2S2. The van der Waals surface area contributed by atoms with E-state index in [1.807, 2.05) is 24.5 Å². The van der Waals surface area contributed by atoms with Gasteiger partial charge in [0.2, 0.25) is 0 Å². The zero-order valence-corrected chi connectivity index (χ0v) is 17.1. The Balaban J connectivity index is 1.60. The molecule has 1 aliphatic heterocycles. The third kappa shape index (κ3) is 5.34. The van der Waals surface area contributed by atoms with Crippen LogP contribution in [0, 0.1) is 0 Å². The molecule has 2 N–H and O–H groups in total. The number of carbonyl (C=O) groups excluding carboxylic acids is 2. The number of piperidine rings is 1. The Morgan fingerprint density at radius 2 is 1.93 bits per heavy atom.